The molecule has 0 aliphatic rings. The van der Waals surface area contributed by atoms with Crippen LogP contribution < -0.4 is 4.74 Å². The Balaban J connectivity index is 1.88. The van der Waals surface area contributed by atoms with Gasteiger partial charge in [-0.3, -0.25) is 4.68 Å². The predicted molar refractivity (Wildman–Crippen MR) is 106 cm³/mol. The highest BCUT2D eigenvalue weighted by molar-refractivity contribution is 7.17. The van der Waals surface area contributed by atoms with Gasteiger partial charge in [0.2, 0.25) is 5.88 Å². The van der Waals surface area contributed by atoms with E-state index in [0.29, 0.717) is 5.01 Å². The molecule has 0 aliphatic carbocycles. The molecule has 4 heterocycles. The summed E-state index contributed by atoms with van der Waals surface area (Å²) in [5.74, 6) is -0.929. The average Bonchev–Trinajstić information content (AvgIpc) is 3.36. The fourth-order valence-electron chi connectivity index (χ4n) is 3.40. The molecule has 0 fully saturated rings. The van der Waals surface area contributed by atoms with Gasteiger partial charge in [-0.15, -0.1) is 11.3 Å². The molecule has 0 saturated carbocycles. The number of thiazole rings is 1. The number of nitrogens with zero attached hydrogens (tertiary/aromatic N) is 5. The van der Waals surface area contributed by atoms with Crippen LogP contribution in [0.3, 0.4) is 0 Å². The van der Waals surface area contributed by atoms with Crippen LogP contribution in [-0.4, -0.2) is 42.6 Å². The molecule has 0 atom stereocenters. The van der Waals surface area contributed by atoms with Crippen molar-refractivity contribution in [2.75, 3.05) is 7.11 Å². The van der Waals surface area contributed by atoms with Crippen molar-refractivity contribution in [3.8, 4) is 27.6 Å². The Bertz CT molecular complexity index is 1200. The SMILES string of the molecule is CCn1nc(C)c(-c2cnn3ccc(-c4nc(OC)c(C(=O)O)s4)cc23)c1C. The second-order valence-corrected chi connectivity index (χ2v) is 7.33. The van der Waals surface area contributed by atoms with E-state index in [4.69, 9.17) is 4.74 Å². The summed E-state index contributed by atoms with van der Waals surface area (Å²) < 4.78 is 8.88. The fraction of sp³-hybridized carbons (Fsp3) is 0.263. The van der Waals surface area contributed by atoms with Crippen molar-refractivity contribution in [2.24, 2.45) is 0 Å². The molecule has 0 aromatic carbocycles. The topological polar surface area (TPSA) is 94.5 Å². The monoisotopic (exact) mass is 397 g/mol. The van der Waals surface area contributed by atoms with Crippen molar-refractivity contribution in [3.63, 3.8) is 0 Å². The minimum atomic E-state index is -1.05. The number of rotatable bonds is 5. The first kappa shape index (κ1) is 18.2. The molecule has 4 aromatic rings. The summed E-state index contributed by atoms with van der Waals surface area (Å²) in [6, 6.07) is 3.83. The highest BCUT2D eigenvalue weighted by Crippen LogP contribution is 2.35. The first-order valence-electron chi connectivity index (χ1n) is 8.74. The zero-order valence-electron chi connectivity index (χ0n) is 15.9. The Kier molecular flexibility index (Phi) is 4.38. The van der Waals surface area contributed by atoms with Crippen LogP contribution >= 0.6 is 11.3 Å². The number of carboxylic acids is 1. The molecule has 0 aliphatic heterocycles. The van der Waals surface area contributed by atoms with Crippen LogP contribution in [0.25, 0.3) is 27.2 Å². The number of fused-ring (bicyclic) bond motifs is 1. The summed E-state index contributed by atoms with van der Waals surface area (Å²) in [6.45, 7) is 6.91. The van der Waals surface area contributed by atoms with E-state index < -0.39 is 5.97 Å². The van der Waals surface area contributed by atoms with Crippen molar-refractivity contribution >= 4 is 22.8 Å². The summed E-state index contributed by atoms with van der Waals surface area (Å²) >= 11 is 1.09. The molecule has 0 amide bonds. The summed E-state index contributed by atoms with van der Waals surface area (Å²) in [5, 5.41) is 19.0. The van der Waals surface area contributed by atoms with Crippen molar-refractivity contribution in [2.45, 2.75) is 27.3 Å². The number of hydrogen-bond donors (Lipinski definition) is 1. The van der Waals surface area contributed by atoms with E-state index in [1.165, 1.54) is 7.11 Å². The number of aromatic nitrogens is 5. The second-order valence-electron chi connectivity index (χ2n) is 6.33. The molecule has 0 bridgehead atoms. The van der Waals surface area contributed by atoms with Crippen LogP contribution in [0.15, 0.2) is 24.5 Å². The van der Waals surface area contributed by atoms with Crippen LogP contribution in [0, 0.1) is 13.8 Å². The summed E-state index contributed by atoms with van der Waals surface area (Å²) in [4.78, 5) is 15.8. The van der Waals surface area contributed by atoms with Crippen LogP contribution in [0.1, 0.15) is 28.0 Å². The minimum absolute atomic E-state index is 0.0852. The van der Waals surface area contributed by atoms with E-state index in [0.717, 1.165) is 51.5 Å². The number of hydrogen-bond acceptors (Lipinski definition) is 6. The van der Waals surface area contributed by atoms with Gasteiger partial charge in [0.25, 0.3) is 0 Å². The van der Waals surface area contributed by atoms with Gasteiger partial charge in [0, 0.05) is 35.1 Å². The maximum absolute atomic E-state index is 11.4. The van der Waals surface area contributed by atoms with E-state index in [9.17, 15) is 9.90 Å². The third-order valence-electron chi connectivity index (χ3n) is 4.70. The third-order valence-corrected chi connectivity index (χ3v) is 5.78. The van der Waals surface area contributed by atoms with E-state index in [-0.39, 0.29) is 10.8 Å². The van der Waals surface area contributed by atoms with Gasteiger partial charge in [0.15, 0.2) is 4.88 Å². The molecule has 0 unspecified atom stereocenters. The molecule has 0 radical (unpaired) electrons. The molecule has 4 aromatic heterocycles. The van der Waals surface area contributed by atoms with Gasteiger partial charge < -0.3 is 9.84 Å². The van der Waals surface area contributed by atoms with Gasteiger partial charge in [-0.05, 0) is 32.9 Å². The lowest BCUT2D eigenvalue weighted by atomic mass is 10.0. The van der Waals surface area contributed by atoms with Crippen molar-refractivity contribution in [3.05, 3.63) is 40.8 Å². The van der Waals surface area contributed by atoms with E-state index in [1.54, 1.807) is 4.52 Å². The van der Waals surface area contributed by atoms with Crippen LogP contribution in [0.5, 0.6) is 5.88 Å². The van der Waals surface area contributed by atoms with E-state index >= 15 is 0 Å². The minimum Gasteiger partial charge on any atom is -0.480 e. The number of ether oxygens (including phenoxy) is 1. The standard InChI is InChI=1S/C19H19N5O3S/c1-5-23-11(3)15(10(2)22-23)13-9-20-24-7-6-12(8-14(13)24)18-21-17(27-4)16(28-18)19(25)26/h6-9H,5H2,1-4H3,(H,25,26). The molecule has 144 valence electrons. The first-order chi connectivity index (χ1) is 13.4. The summed E-state index contributed by atoms with van der Waals surface area (Å²) in [7, 11) is 1.42. The number of methoxy groups -OCH3 is 1. The molecule has 8 nitrogen and oxygen atoms in total. The Morgan fingerprint density at radius 1 is 1.36 bits per heavy atom. The lowest BCUT2D eigenvalue weighted by Crippen LogP contribution is -1.98. The Labute approximate surface area is 165 Å². The third kappa shape index (κ3) is 2.75. The molecular weight excluding hydrogens is 378 g/mol. The zero-order chi connectivity index (χ0) is 20.0. The lowest BCUT2D eigenvalue weighted by Gasteiger charge is -2.03. The Morgan fingerprint density at radius 3 is 2.75 bits per heavy atom. The number of carbonyl (C=O) groups is 1. The second kappa shape index (κ2) is 6.75. The van der Waals surface area contributed by atoms with Gasteiger partial charge in [-0.1, -0.05) is 0 Å². The highest BCUT2D eigenvalue weighted by atomic mass is 32.1. The molecule has 4 rings (SSSR count). The fourth-order valence-corrected chi connectivity index (χ4v) is 4.27. The zero-order valence-corrected chi connectivity index (χ0v) is 16.7. The van der Waals surface area contributed by atoms with Gasteiger partial charge in [-0.2, -0.15) is 10.2 Å². The maximum atomic E-state index is 11.4. The largest absolute Gasteiger partial charge is 0.480 e. The van der Waals surface area contributed by atoms with E-state index in [2.05, 4.69) is 29.0 Å². The predicted octanol–water partition coefficient (Wildman–Crippen LogP) is 3.66. The molecule has 0 spiro atoms. The number of pyridine rings is 1. The highest BCUT2D eigenvalue weighted by Gasteiger charge is 2.21. The van der Waals surface area contributed by atoms with Crippen molar-refractivity contribution < 1.29 is 14.6 Å². The van der Waals surface area contributed by atoms with Crippen LogP contribution in [-0.2, 0) is 6.54 Å². The molecular formula is C19H19N5O3S. The molecule has 1 N–H and O–H groups in total. The van der Waals surface area contributed by atoms with Crippen LogP contribution in [0.2, 0.25) is 0 Å². The average molecular weight is 397 g/mol. The van der Waals surface area contributed by atoms with Gasteiger partial charge in [0.1, 0.15) is 5.01 Å². The maximum Gasteiger partial charge on any atom is 0.351 e. The Hall–Kier alpha value is -3.20. The van der Waals surface area contributed by atoms with Gasteiger partial charge in [0.05, 0.1) is 24.5 Å². The van der Waals surface area contributed by atoms with Gasteiger partial charge >= 0.3 is 5.97 Å². The number of aromatic carboxylic acids is 1. The Morgan fingerprint density at radius 2 is 2.14 bits per heavy atom. The number of aryl methyl sites for hydroxylation is 2. The van der Waals surface area contributed by atoms with Crippen molar-refractivity contribution in [1.82, 2.24) is 24.4 Å². The summed E-state index contributed by atoms with van der Waals surface area (Å²) in [5.41, 5.74) is 5.80. The number of carboxylic acid groups (broad SMARTS) is 1. The van der Waals surface area contributed by atoms with E-state index in [1.807, 2.05) is 36.1 Å². The van der Waals surface area contributed by atoms with Crippen molar-refractivity contribution in [1.29, 1.82) is 0 Å². The summed E-state index contributed by atoms with van der Waals surface area (Å²) in [6.07, 6.45) is 3.68. The smallest absolute Gasteiger partial charge is 0.351 e. The quantitative estimate of drug-likeness (QED) is 0.552. The molecule has 28 heavy (non-hydrogen) atoms. The molecule has 9 heteroatoms. The first-order valence-corrected chi connectivity index (χ1v) is 9.56. The molecule has 0 saturated heterocycles. The lowest BCUT2D eigenvalue weighted by molar-refractivity contribution is 0.0698. The van der Waals surface area contributed by atoms with Crippen LogP contribution in [0.4, 0.5) is 0 Å². The van der Waals surface area contributed by atoms with Gasteiger partial charge in [-0.25, -0.2) is 14.3 Å². The normalized spacial score (nSPS) is 11.3.